The molecule has 24 heavy (non-hydrogen) atoms. The van der Waals surface area contributed by atoms with E-state index >= 15 is 0 Å². The molecule has 2 rings (SSSR count). The highest BCUT2D eigenvalue weighted by Crippen LogP contribution is 2.19. The molecule has 0 aliphatic carbocycles. The van der Waals surface area contributed by atoms with Gasteiger partial charge in [0, 0.05) is 31.5 Å². The fraction of sp³-hybridized carbons (Fsp3) is 0.474. The van der Waals surface area contributed by atoms with Crippen LogP contribution in [0.2, 0.25) is 0 Å². The van der Waals surface area contributed by atoms with Gasteiger partial charge >= 0.3 is 0 Å². The monoisotopic (exact) mass is 327 g/mol. The van der Waals surface area contributed by atoms with E-state index in [1.54, 1.807) is 11.1 Å². The number of aryl methyl sites for hydroxylation is 1. The van der Waals surface area contributed by atoms with Gasteiger partial charge in [0.05, 0.1) is 12.2 Å². The van der Waals surface area contributed by atoms with Crippen LogP contribution in [-0.4, -0.2) is 42.6 Å². The first-order chi connectivity index (χ1) is 11.4. The smallest absolute Gasteiger partial charge is 0.266 e. The Morgan fingerprint density at radius 3 is 2.62 bits per heavy atom. The number of ether oxygens (including phenoxy) is 1. The van der Waals surface area contributed by atoms with Gasteiger partial charge in [0.25, 0.3) is 5.91 Å². The predicted molar refractivity (Wildman–Crippen MR) is 94.5 cm³/mol. The van der Waals surface area contributed by atoms with Crippen molar-refractivity contribution in [2.24, 2.45) is 0 Å². The Morgan fingerprint density at radius 2 is 2.08 bits per heavy atom. The SMILES string of the molecule is CCN(/C=C(/C#N)C(=O)N1CC(C)OC(C)C1)c1cccc(C)c1. The van der Waals surface area contributed by atoms with Crippen LogP contribution in [0.5, 0.6) is 0 Å². The Hall–Kier alpha value is -2.32. The fourth-order valence-corrected chi connectivity index (χ4v) is 2.96. The lowest BCUT2D eigenvalue weighted by Crippen LogP contribution is -2.48. The third kappa shape index (κ3) is 4.36. The Balaban J connectivity index is 2.23. The average Bonchev–Trinajstić information content (AvgIpc) is 2.54. The molecule has 1 amide bonds. The number of morpholine rings is 1. The van der Waals surface area contributed by atoms with Gasteiger partial charge in [-0.25, -0.2) is 0 Å². The zero-order valence-corrected chi connectivity index (χ0v) is 14.8. The lowest BCUT2D eigenvalue weighted by Gasteiger charge is -2.35. The van der Waals surface area contributed by atoms with E-state index in [-0.39, 0.29) is 23.7 Å². The van der Waals surface area contributed by atoms with Crippen LogP contribution in [0.25, 0.3) is 0 Å². The van der Waals surface area contributed by atoms with Gasteiger partial charge in [0.1, 0.15) is 11.6 Å². The van der Waals surface area contributed by atoms with E-state index in [0.29, 0.717) is 19.6 Å². The van der Waals surface area contributed by atoms with Crippen molar-refractivity contribution in [3.05, 3.63) is 41.6 Å². The summed E-state index contributed by atoms with van der Waals surface area (Å²) in [4.78, 5) is 16.4. The van der Waals surface area contributed by atoms with E-state index in [2.05, 4.69) is 6.07 Å². The molecule has 0 radical (unpaired) electrons. The van der Waals surface area contributed by atoms with Crippen LogP contribution in [0, 0.1) is 18.3 Å². The maximum atomic E-state index is 12.7. The van der Waals surface area contributed by atoms with Gasteiger partial charge in [-0.1, -0.05) is 12.1 Å². The normalized spacial score (nSPS) is 21.3. The van der Waals surface area contributed by atoms with Gasteiger partial charge in [-0.3, -0.25) is 4.79 Å². The molecule has 5 nitrogen and oxygen atoms in total. The van der Waals surface area contributed by atoms with Crippen molar-refractivity contribution in [1.29, 1.82) is 5.26 Å². The molecule has 0 spiro atoms. The Kier molecular flexibility index (Phi) is 5.99. The Bertz CT molecular complexity index is 653. The maximum absolute atomic E-state index is 12.7. The molecule has 5 heteroatoms. The summed E-state index contributed by atoms with van der Waals surface area (Å²) in [7, 11) is 0. The van der Waals surface area contributed by atoms with Crippen LogP contribution in [-0.2, 0) is 9.53 Å². The summed E-state index contributed by atoms with van der Waals surface area (Å²) in [6.07, 6.45) is 1.62. The molecule has 1 aliphatic heterocycles. The van der Waals surface area contributed by atoms with Crippen molar-refractivity contribution in [2.45, 2.75) is 39.9 Å². The molecule has 0 saturated carbocycles. The van der Waals surface area contributed by atoms with E-state index in [9.17, 15) is 10.1 Å². The minimum Gasteiger partial charge on any atom is -0.372 e. The number of anilines is 1. The predicted octanol–water partition coefficient (Wildman–Crippen LogP) is 2.86. The molecule has 1 aromatic carbocycles. The molecule has 2 atom stereocenters. The van der Waals surface area contributed by atoms with Crippen molar-refractivity contribution >= 4 is 11.6 Å². The second kappa shape index (κ2) is 7.98. The number of rotatable bonds is 4. The van der Waals surface area contributed by atoms with Crippen molar-refractivity contribution in [1.82, 2.24) is 4.90 Å². The molecular weight excluding hydrogens is 302 g/mol. The quantitative estimate of drug-likeness (QED) is 0.630. The van der Waals surface area contributed by atoms with Gasteiger partial charge in [-0.15, -0.1) is 0 Å². The summed E-state index contributed by atoms with van der Waals surface area (Å²) in [5.41, 5.74) is 2.27. The second-order valence-corrected chi connectivity index (χ2v) is 6.25. The van der Waals surface area contributed by atoms with Crippen LogP contribution in [0.15, 0.2) is 36.0 Å². The highest BCUT2D eigenvalue weighted by molar-refractivity contribution is 5.97. The first kappa shape index (κ1) is 18.0. The molecule has 1 aliphatic rings. The lowest BCUT2D eigenvalue weighted by atomic mass is 10.1. The van der Waals surface area contributed by atoms with E-state index < -0.39 is 0 Å². The largest absolute Gasteiger partial charge is 0.372 e. The van der Waals surface area contributed by atoms with Crippen LogP contribution < -0.4 is 4.90 Å². The Labute approximate surface area is 144 Å². The van der Waals surface area contributed by atoms with Gasteiger partial charge in [0.2, 0.25) is 0 Å². The number of hydrogen-bond acceptors (Lipinski definition) is 4. The van der Waals surface area contributed by atoms with Crippen LogP contribution >= 0.6 is 0 Å². The molecular formula is C19H25N3O2. The van der Waals surface area contributed by atoms with Gasteiger partial charge in [0.15, 0.2) is 0 Å². The minimum atomic E-state index is -0.231. The summed E-state index contributed by atoms with van der Waals surface area (Å²) in [6, 6.07) is 10.1. The molecule has 1 aromatic rings. The summed E-state index contributed by atoms with van der Waals surface area (Å²) in [6.45, 7) is 9.61. The van der Waals surface area contributed by atoms with Crippen molar-refractivity contribution in [3.63, 3.8) is 0 Å². The summed E-state index contributed by atoms with van der Waals surface area (Å²) < 4.78 is 5.66. The number of carbonyl (C=O) groups excluding carboxylic acids is 1. The van der Waals surface area contributed by atoms with Gasteiger partial charge in [-0.2, -0.15) is 5.26 Å². The number of hydrogen-bond donors (Lipinski definition) is 0. The molecule has 0 aromatic heterocycles. The summed E-state index contributed by atoms with van der Waals surface area (Å²) >= 11 is 0. The van der Waals surface area contributed by atoms with E-state index in [1.807, 2.05) is 56.9 Å². The highest BCUT2D eigenvalue weighted by Gasteiger charge is 2.28. The Morgan fingerprint density at radius 1 is 1.42 bits per heavy atom. The molecule has 1 heterocycles. The first-order valence-corrected chi connectivity index (χ1v) is 8.34. The highest BCUT2D eigenvalue weighted by atomic mass is 16.5. The summed E-state index contributed by atoms with van der Waals surface area (Å²) in [5.74, 6) is -0.231. The van der Waals surface area contributed by atoms with E-state index in [0.717, 1.165) is 11.3 Å². The molecule has 1 saturated heterocycles. The topological polar surface area (TPSA) is 56.6 Å². The number of amides is 1. The number of nitrogens with zero attached hydrogens (tertiary/aromatic N) is 3. The number of benzene rings is 1. The van der Waals surface area contributed by atoms with E-state index in [4.69, 9.17) is 4.74 Å². The number of carbonyl (C=O) groups is 1. The van der Waals surface area contributed by atoms with Crippen molar-refractivity contribution < 1.29 is 9.53 Å². The lowest BCUT2D eigenvalue weighted by molar-refractivity contribution is -0.138. The van der Waals surface area contributed by atoms with E-state index in [1.165, 1.54) is 0 Å². The van der Waals surface area contributed by atoms with Crippen molar-refractivity contribution in [2.75, 3.05) is 24.5 Å². The van der Waals surface area contributed by atoms with Crippen molar-refractivity contribution in [3.8, 4) is 6.07 Å². The van der Waals surface area contributed by atoms with Crippen LogP contribution in [0.1, 0.15) is 26.3 Å². The standard InChI is InChI=1S/C19H25N3O2/c1-5-21(18-8-6-7-14(2)9-18)13-17(10-20)19(23)22-11-15(3)24-16(4)12-22/h6-9,13,15-16H,5,11-12H2,1-4H3/b17-13-. The molecule has 0 N–H and O–H groups in total. The third-order valence-corrected chi connectivity index (χ3v) is 4.02. The fourth-order valence-electron chi connectivity index (χ4n) is 2.96. The molecule has 2 unspecified atom stereocenters. The zero-order valence-electron chi connectivity index (χ0n) is 14.8. The molecule has 0 bridgehead atoms. The minimum absolute atomic E-state index is 0.0170. The average molecular weight is 327 g/mol. The van der Waals surface area contributed by atoms with Crippen LogP contribution in [0.3, 0.4) is 0 Å². The molecule has 128 valence electrons. The first-order valence-electron chi connectivity index (χ1n) is 8.34. The van der Waals surface area contributed by atoms with Gasteiger partial charge < -0.3 is 14.5 Å². The third-order valence-electron chi connectivity index (χ3n) is 4.02. The molecule has 1 fully saturated rings. The zero-order chi connectivity index (χ0) is 17.7. The second-order valence-electron chi connectivity index (χ2n) is 6.25. The summed E-state index contributed by atoms with van der Waals surface area (Å²) in [5, 5.41) is 9.48. The van der Waals surface area contributed by atoms with Crippen LogP contribution in [0.4, 0.5) is 5.69 Å². The maximum Gasteiger partial charge on any atom is 0.266 e. The number of nitriles is 1. The van der Waals surface area contributed by atoms with Gasteiger partial charge in [-0.05, 0) is 45.4 Å².